The molecule has 8 nitrogen and oxygen atoms in total. The molecule has 4 rings (SSSR count). The molecule has 0 spiro atoms. The van der Waals surface area contributed by atoms with E-state index in [4.69, 9.17) is 9.52 Å². The Balaban J connectivity index is 1.67. The van der Waals surface area contributed by atoms with Crippen LogP contribution in [0.25, 0.3) is 17.4 Å². The number of benzene rings is 2. The van der Waals surface area contributed by atoms with Crippen molar-refractivity contribution >= 4 is 27.9 Å². The van der Waals surface area contributed by atoms with Gasteiger partial charge in [-0.05, 0) is 85.7 Å². The van der Waals surface area contributed by atoms with Crippen LogP contribution in [0.3, 0.4) is 0 Å². The lowest BCUT2D eigenvalue weighted by Gasteiger charge is -2.27. The number of nitrogens with zero attached hydrogens (tertiary/aromatic N) is 2. The monoisotopic (exact) mass is 660 g/mol. The first kappa shape index (κ1) is 35.9. The van der Waals surface area contributed by atoms with Crippen LogP contribution in [-0.2, 0) is 25.7 Å². The molecular formula is C38H48N2O6S. The molecule has 3 aliphatic rings. The minimum Gasteiger partial charge on any atom is -0.744 e. The van der Waals surface area contributed by atoms with Crippen molar-refractivity contribution in [3.8, 4) is 11.3 Å². The van der Waals surface area contributed by atoms with E-state index in [9.17, 15) is 17.8 Å². The Hall–Kier alpha value is -3.95. The molecule has 1 N–H and O–H groups in total. The van der Waals surface area contributed by atoms with E-state index in [1.165, 1.54) is 17.7 Å². The van der Waals surface area contributed by atoms with Crippen LogP contribution in [0.2, 0.25) is 0 Å². The third-order valence-electron chi connectivity index (χ3n) is 8.87. The highest BCUT2D eigenvalue weighted by Crippen LogP contribution is 2.48. The average Bonchev–Trinajstić information content (AvgIpc) is 3.20. The van der Waals surface area contributed by atoms with Gasteiger partial charge in [0.15, 0.2) is 0 Å². The largest absolute Gasteiger partial charge is 0.744 e. The molecule has 252 valence electrons. The Morgan fingerprint density at radius 1 is 1.00 bits per heavy atom. The molecule has 47 heavy (non-hydrogen) atoms. The Kier molecular flexibility index (Phi) is 11.0. The van der Waals surface area contributed by atoms with E-state index >= 15 is 0 Å². The van der Waals surface area contributed by atoms with Gasteiger partial charge < -0.3 is 19.0 Å². The van der Waals surface area contributed by atoms with Crippen LogP contribution < -0.4 is 14.8 Å². The SMILES string of the molecule is CC[N+](CC)=c1ccc2c(C(C)(C)C)cc(/C=C/C=C/C=C3\N(CCCCCC(=O)O)c4ccc(S(=O)(=O)[O-])cc4C3(C)C)oc-2c1. The molecule has 2 heterocycles. The highest BCUT2D eigenvalue weighted by Gasteiger charge is 2.40. The van der Waals surface area contributed by atoms with Crippen LogP contribution in [0.4, 0.5) is 5.69 Å². The number of fused-ring (bicyclic) bond motifs is 2. The zero-order chi connectivity index (χ0) is 34.6. The number of unbranched alkanes of at least 4 members (excludes halogenated alkanes) is 2. The first-order chi connectivity index (χ1) is 22.1. The molecule has 2 aliphatic heterocycles. The maximum atomic E-state index is 11.8. The van der Waals surface area contributed by atoms with Gasteiger partial charge in [-0.2, -0.15) is 0 Å². The van der Waals surface area contributed by atoms with Gasteiger partial charge in [0.05, 0.1) is 11.0 Å². The number of carboxylic acid groups (broad SMARTS) is 1. The molecule has 0 bridgehead atoms. The molecule has 0 radical (unpaired) electrons. The zero-order valence-electron chi connectivity index (χ0n) is 28.7. The van der Waals surface area contributed by atoms with Gasteiger partial charge in [-0.3, -0.25) is 4.79 Å². The van der Waals surface area contributed by atoms with Crippen molar-refractivity contribution in [2.45, 2.75) is 89.9 Å². The first-order valence-electron chi connectivity index (χ1n) is 16.4. The average molecular weight is 661 g/mol. The fraction of sp³-hybridized carbons (Fsp3) is 0.421. The van der Waals surface area contributed by atoms with Crippen molar-refractivity contribution in [3.05, 3.63) is 94.7 Å². The molecule has 0 saturated heterocycles. The van der Waals surface area contributed by atoms with Crippen molar-refractivity contribution in [2.75, 3.05) is 24.5 Å². The summed E-state index contributed by atoms with van der Waals surface area (Å²) in [6.07, 6.45) is 12.0. The third kappa shape index (κ3) is 8.32. The van der Waals surface area contributed by atoms with Crippen LogP contribution in [0.1, 0.15) is 91.0 Å². The summed E-state index contributed by atoms with van der Waals surface area (Å²) in [5, 5.41) is 10.1. The molecule has 0 unspecified atom stereocenters. The minimum absolute atomic E-state index is 0.0833. The summed E-state index contributed by atoms with van der Waals surface area (Å²) in [4.78, 5) is 12.9. The number of rotatable bonds is 12. The van der Waals surface area contributed by atoms with Crippen LogP contribution in [0.15, 0.2) is 81.8 Å². The van der Waals surface area contributed by atoms with Crippen LogP contribution >= 0.6 is 0 Å². The molecule has 1 aliphatic carbocycles. The Bertz CT molecular complexity index is 1850. The number of carbonyl (C=O) groups is 1. The lowest BCUT2D eigenvalue weighted by molar-refractivity contribution is -0.137. The Morgan fingerprint density at radius 3 is 2.36 bits per heavy atom. The summed E-state index contributed by atoms with van der Waals surface area (Å²) in [6, 6.07) is 13.1. The van der Waals surface area contributed by atoms with Crippen LogP contribution in [-0.4, -0.2) is 43.7 Å². The van der Waals surface area contributed by atoms with E-state index in [-0.39, 0.29) is 16.7 Å². The van der Waals surface area contributed by atoms with E-state index in [1.807, 2.05) is 44.2 Å². The van der Waals surface area contributed by atoms with Gasteiger partial charge in [0.1, 0.15) is 34.7 Å². The van der Waals surface area contributed by atoms with Gasteiger partial charge in [0, 0.05) is 41.4 Å². The van der Waals surface area contributed by atoms with Crippen molar-refractivity contribution in [1.82, 2.24) is 4.58 Å². The van der Waals surface area contributed by atoms with Crippen molar-refractivity contribution in [2.24, 2.45) is 0 Å². The first-order valence-corrected chi connectivity index (χ1v) is 17.8. The molecular weight excluding hydrogens is 612 g/mol. The minimum atomic E-state index is -4.61. The second kappa shape index (κ2) is 14.4. The van der Waals surface area contributed by atoms with E-state index < -0.39 is 21.5 Å². The number of carboxylic acids is 1. The number of allylic oxidation sites excluding steroid dienone is 5. The van der Waals surface area contributed by atoms with E-state index in [1.54, 1.807) is 6.07 Å². The van der Waals surface area contributed by atoms with E-state index in [0.717, 1.165) is 65.3 Å². The van der Waals surface area contributed by atoms with Crippen molar-refractivity contribution in [3.63, 3.8) is 0 Å². The molecule has 1 aromatic carbocycles. The fourth-order valence-electron chi connectivity index (χ4n) is 6.32. The van der Waals surface area contributed by atoms with Gasteiger partial charge >= 0.3 is 5.97 Å². The van der Waals surface area contributed by atoms with E-state index in [2.05, 4.69) is 68.4 Å². The zero-order valence-corrected chi connectivity index (χ0v) is 29.5. The number of anilines is 1. The lowest BCUT2D eigenvalue weighted by Crippen LogP contribution is -2.29. The second-order valence-electron chi connectivity index (χ2n) is 13.6. The number of aliphatic carboxylic acids is 1. The summed E-state index contributed by atoms with van der Waals surface area (Å²) in [6.45, 7) is 17.4. The summed E-state index contributed by atoms with van der Waals surface area (Å²) < 4.78 is 44.2. The Morgan fingerprint density at radius 2 is 1.72 bits per heavy atom. The summed E-state index contributed by atoms with van der Waals surface area (Å²) in [7, 11) is -4.61. The molecule has 0 aromatic heterocycles. The maximum Gasteiger partial charge on any atom is 0.303 e. The van der Waals surface area contributed by atoms with Crippen LogP contribution in [0, 0.1) is 0 Å². The molecule has 1 aromatic rings. The standard InChI is InChI=1S/C38H48N2O6S/c1-8-39(9-2)27-19-21-30-31(37(3,4)5)25-28(46-34(30)24-27)16-12-10-13-17-35-38(6,7)32-26-29(47(43,44)45)20-22-33(32)40(35)23-15-11-14-18-36(41)42/h10,12-13,16-17,19-22,24-26H,8-9,11,14-15,18,23H2,1-7H3,(H-,41,42,43,44,45). The highest BCUT2D eigenvalue weighted by molar-refractivity contribution is 7.85. The van der Waals surface area contributed by atoms with Gasteiger partial charge in [0.25, 0.3) is 0 Å². The third-order valence-corrected chi connectivity index (χ3v) is 9.70. The molecule has 0 atom stereocenters. The topological polar surface area (TPSA) is 114 Å². The lowest BCUT2D eigenvalue weighted by atomic mass is 9.83. The summed E-state index contributed by atoms with van der Waals surface area (Å²) >= 11 is 0. The molecule has 9 heteroatoms. The fourth-order valence-corrected chi connectivity index (χ4v) is 6.81. The normalized spacial score (nSPS) is 15.7. The van der Waals surface area contributed by atoms with Gasteiger partial charge in [-0.15, -0.1) is 0 Å². The van der Waals surface area contributed by atoms with Crippen molar-refractivity contribution < 1.29 is 27.3 Å². The second-order valence-corrected chi connectivity index (χ2v) is 15.0. The quantitative estimate of drug-likeness (QED) is 0.0939. The molecule has 0 amide bonds. The van der Waals surface area contributed by atoms with Gasteiger partial charge in [-0.25, -0.2) is 13.0 Å². The number of hydrogen-bond donors (Lipinski definition) is 1. The highest BCUT2D eigenvalue weighted by atomic mass is 32.2. The van der Waals surface area contributed by atoms with Gasteiger partial charge in [-0.1, -0.05) is 59.3 Å². The van der Waals surface area contributed by atoms with Gasteiger partial charge in [0.2, 0.25) is 5.36 Å². The molecule has 0 saturated carbocycles. The predicted molar refractivity (Wildman–Crippen MR) is 188 cm³/mol. The maximum absolute atomic E-state index is 11.8. The number of hydrogen-bond acceptors (Lipinski definition) is 6. The molecule has 0 fully saturated rings. The smallest absolute Gasteiger partial charge is 0.303 e. The Labute approximate surface area is 279 Å². The van der Waals surface area contributed by atoms with Crippen LogP contribution in [0.5, 0.6) is 0 Å². The summed E-state index contributed by atoms with van der Waals surface area (Å²) in [5.74, 6) is 0.786. The summed E-state index contributed by atoms with van der Waals surface area (Å²) in [5.41, 5.74) is 4.24. The van der Waals surface area contributed by atoms with Crippen molar-refractivity contribution in [1.29, 1.82) is 0 Å². The van der Waals surface area contributed by atoms with E-state index in [0.29, 0.717) is 13.0 Å². The predicted octanol–water partition coefficient (Wildman–Crippen LogP) is 7.29.